The molecule has 0 spiro atoms. The first-order valence-corrected chi connectivity index (χ1v) is 4.88. The summed E-state index contributed by atoms with van der Waals surface area (Å²) in [6, 6.07) is 3.04. The predicted octanol–water partition coefficient (Wildman–Crippen LogP) is 2.24. The number of nitrogens with zero attached hydrogens (tertiary/aromatic N) is 2. The Morgan fingerprint density at radius 2 is 2.29 bits per heavy atom. The van der Waals surface area contributed by atoms with Crippen molar-refractivity contribution >= 4 is 6.01 Å². The van der Waals surface area contributed by atoms with E-state index in [1.807, 2.05) is 19.9 Å². The van der Waals surface area contributed by atoms with E-state index in [1.165, 1.54) is 12.8 Å². The fourth-order valence-corrected chi connectivity index (χ4v) is 1.27. The molecule has 1 N–H and O–H groups in total. The second-order valence-electron chi connectivity index (χ2n) is 3.92. The van der Waals surface area contributed by atoms with Crippen LogP contribution in [-0.2, 0) is 0 Å². The molecule has 1 aliphatic rings. The van der Waals surface area contributed by atoms with Gasteiger partial charge in [0.1, 0.15) is 11.8 Å². The van der Waals surface area contributed by atoms with Crippen LogP contribution in [0.25, 0.3) is 0 Å². The lowest BCUT2D eigenvalue weighted by atomic mass is 10.1. The smallest absolute Gasteiger partial charge is 0.296 e. The second-order valence-corrected chi connectivity index (χ2v) is 3.92. The summed E-state index contributed by atoms with van der Waals surface area (Å²) in [4.78, 5) is 4.09. The number of hydrogen-bond donors (Lipinski definition) is 1. The van der Waals surface area contributed by atoms with Gasteiger partial charge in [0.2, 0.25) is 0 Å². The molecule has 4 heteroatoms. The average Bonchev–Trinajstić information content (AvgIpc) is 2.83. The maximum atomic E-state index is 8.83. The highest BCUT2D eigenvalue weighted by Crippen LogP contribution is 2.27. The maximum Gasteiger partial charge on any atom is 0.296 e. The van der Waals surface area contributed by atoms with Crippen LogP contribution in [0.5, 0.6) is 0 Å². The van der Waals surface area contributed by atoms with Crippen LogP contribution >= 0.6 is 0 Å². The van der Waals surface area contributed by atoms with E-state index in [2.05, 4.69) is 10.3 Å². The third-order valence-electron chi connectivity index (χ3n) is 2.19. The summed E-state index contributed by atoms with van der Waals surface area (Å²) in [7, 11) is 0. The standard InChI is InChI=1S/C10H13N3O/c1-6(2)9-8(5-11)13-10(14-9)12-7-3-4-7/h6-7H,3-4H2,1-2H3,(H,12,13). The molecule has 1 aliphatic carbocycles. The van der Waals surface area contributed by atoms with E-state index in [1.54, 1.807) is 0 Å². The van der Waals surface area contributed by atoms with E-state index in [9.17, 15) is 0 Å². The maximum absolute atomic E-state index is 8.83. The van der Waals surface area contributed by atoms with Gasteiger partial charge in [-0.15, -0.1) is 0 Å². The van der Waals surface area contributed by atoms with E-state index in [-0.39, 0.29) is 5.92 Å². The number of rotatable bonds is 3. The molecule has 0 radical (unpaired) electrons. The van der Waals surface area contributed by atoms with Crippen molar-refractivity contribution in [3.8, 4) is 6.07 Å². The van der Waals surface area contributed by atoms with Gasteiger partial charge in [-0.25, -0.2) is 0 Å². The van der Waals surface area contributed by atoms with Gasteiger partial charge in [-0.05, 0) is 12.8 Å². The van der Waals surface area contributed by atoms with Crippen molar-refractivity contribution in [3.63, 3.8) is 0 Å². The first kappa shape index (κ1) is 9.07. The van der Waals surface area contributed by atoms with Gasteiger partial charge in [0.25, 0.3) is 6.01 Å². The van der Waals surface area contributed by atoms with Crippen LogP contribution in [0.2, 0.25) is 0 Å². The molecule has 4 nitrogen and oxygen atoms in total. The highest BCUT2D eigenvalue weighted by molar-refractivity contribution is 5.35. The molecule has 74 valence electrons. The van der Waals surface area contributed by atoms with E-state index in [4.69, 9.17) is 9.68 Å². The number of aromatic nitrogens is 1. The lowest BCUT2D eigenvalue weighted by Crippen LogP contribution is -2.00. The van der Waals surface area contributed by atoms with Gasteiger partial charge in [0.05, 0.1) is 0 Å². The third kappa shape index (κ3) is 1.72. The van der Waals surface area contributed by atoms with Crippen molar-refractivity contribution in [3.05, 3.63) is 11.5 Å². The molecule has 1 saturated carbocycles. The molecular weight excluding hydrogens is 178 g/mol. The van der Waals surface area contributed by atoms with Crippen LogP contribution in [0.3, 0.4) is 0 Å². The minimum Gasteiger partial charge on any atom is -0.427 e. The SMILES string of the molecule is CC(C)c1oc(NC2CC2)nc1C#N. The third-order valence-corrected chi connectivity index (χ3v) is 2.19. The molecule has 0 aliphatic heterocycles. The largest absolute Gasteiger partial charge is 0.427 e. The zero-order chi connectivity index (χ0) is 10.1. The summed E-state index contributed by atoms with van der Waals surface area (Å²) in [5, 5.41) is 12.0. The minimum absolute atomic E-state index is 0.201. The van der Waals surface area contributed by atoms with Crippen LogP contribution in [0.1, 0.15) is 44.1 Å². The Morgan fingerprint density at radius 1 is 1.57 bits per heavy atom. The summed E-state index contributed by atoms with van der Waals surface area (Å²) in [5.74, 6) is 0.877. The molecule has 1 aromatic rings. The number of nitrogens with one attached hydrogen (secondary N) is 1. The molecule has 0 atom stereocenters. The van der Waals surface area contributed by atoms with Crippen molar-refractivity contribution in [2.45, 2.75) is 38.6 Å². The van der Waals surface area contributed by atoms with Crippen molar-refractivity contribution in [2.75, 3.05) is 5.32 Å². The molecular formula is C10H13N3O. The Labute approximate surface area is 82.9 Å². The number of nitriles is 1. The Bertz CT molecular complexity index is 371. The zero-order valence-electron chi connectivity index (χ0n) is 8.37. The predicted molar refractivity (Wildman–Crippen MR) is 52.0 cm³/mol. The number of anilines is 1. The Hall–Kier alpha value is -1.50. The zero-order valence-corrected chi connectivity index (χ0v) is 8.37. The van der Waals surface area contributed by atoms with Crippen LogP contribution in [0.4, 0.5) is 6.01 Å². The van der Waals surface area contributed by atoms with Gasteiger partial charge in [0, 0.05) is 12.0 Å². The fraction of sp³-hybridized carbons (Fsp3) is 0.600. The van der Waals surface area contributed by atoms with Gasteiger partial charge in [-0.2, -0.15) is 10.2 Å². The first-order chi connectivity index (χ1) is 6.70. The lowest BCUT2D eigenvalue weighted by molar-refractivity contribution is 0.493. The van der Waals surface area contributed by atoms with Gasteiger partial charge in [-0.1, -0.05) is 13.8 Å². The summed E-state index contributed by atoms with van der Waals surface area (Å²) in [5.41, 5.74) is 0.406. The van der Waals surface area contributed by atoms with Gasteiger partial charge in [0.15, 0.2) is 5.69 Å². The molecule has 1 heterocycles. The monoisotopic (exact) mass is 191 g/mol. The van der Waals surface area contributed by atoms with Crippen LogP contribution < -0.4 is 5.32 Å². The van der Waals surface area contributed by atoms with E-state index < -0.39 is 0 Å². The van der Waals surface area contributed by atoms with Gasteiger partial charge >= 0.3 is 0 Å². The highest BCUT2D eigenvalue weighted by atomic mass is 16.4. The van der Waals surface area contributed by atoms with Crippen molar-refractivity contribution in [1.29, 1.82) is 5.26 Å². The lowest BCUT2D eigenvalue weighted by Gasteiger charge is -1.98. The summed E-state index contributed by atoms with van der Waals surface area (Å²) < 4.78 is 5.47. The van der Waals surface area contributed by atoms with Crippen molar-refractivity contribution in [2.24, 2.45) is 0 Å². The minimum atomic E-state index is 0.201. The quantitative estimate of drug-likeness (QED) is 0.795. The molecule has 2 rings (SSSR count). The van der Waals surface area contributed by atoms with Crippen molar-refractivity contribution in [1.82, 2.24) is 4.98 Å². The fourth-order valence-electron chi connectivity index (χ4n) is 1.27. The summed E-state index contributed by atoms with van der Waals surface area (Å²) in [6.07, 6.45) is 2.34. The molecule has 0 saturated heterocycles. The Balaban J connectivity index is 2.21. The van der Waals surface area contributed by atoms with Gasteiger partial charge < -0.3 is 9.73 Å². The van der Waals surface area contributed by atoms with Gasteiger partial charge in [-0.3, -0.25) is 0 Å². The summed E-state index contributed by atoms with van der Waals surface area (Å²) in [6.45, 7) is 3.98. The normalized spacial score (nSPS) is 15.6. The van der Waals surface area contributed by atoms with Crippen LogP contribution in [0, 0.1) is 11.3 Å². The van der Waals surface area contributed by atoms with E-state index >= 15 is 0 Å². The average molecular weight is 191 g/mol. The highest BCUT2D eigenvalue weighted by Gasteiger charge is 2.24. The second kappa shape index (κ2) is 3.33. The molecule has 1 fully saturated rings. The molecule has 0 aromatic carbocycles. The van der Waals surface area contributed by atoms with Crippen LogP contribution in [0.15, 0.2) is 4.42 Å². The van der Waals surface area contributed by atoms with E-state index in [0.717, 1.165) is 0 Å². The molecule has 14 heavy (non-hydrogen) atoms. The molecule has 0 unspecified atom stereocenters. The first-order valence-electron chi connectivity index (χ1n) is 4.88. The van der Waals surface area contributed by atoms with E-state index in [0.29, 0.717) is 23.5 Å². The molecule has 0 amide bonds. The Morgan fingerprint density at radius 3 is 2.71 bits per heavy atom. The summed E-state index contributed by atoms with van der Waals surface area (Å²) >= 11 is 0. The number of oxazole rings is 1. The topological polar surface area (TPSA) is 61.9 Å². The molecule has 1 aromatic heterocycles. The van der Waals surface area contributed by atoms with Crippen molar-refractivity contribution < 1.29 is 4.42 Å². The number of hydrogen-bond acceptors (Lipinski definition) is 4. The Kier molecular flexibility index (Phi) is 2.16. The molecule has 0 bridgehead atoms. The van der Waals surface area contributed by atoms with Crippen LogP contribution in [-0.4, -0.2) is 11.0 Å².